The number of hydrogen-bond acceptors (Lipinski definition) is 6. The fourth-order valence-electron chi connectivity index (χ4n) is 3.16. The zero-order valence-corrected chi connectivity index (χ0v) is 17.5. The molecule has 0 saturated heterocycles. The van der Waals surface area contributed by atoms with Gasteiger partial charge in [-0.2, -0.15) is 0 Å². The van der Waals surface area contributed by atoms with Crippen LogP contribution in [0, 0.1) is 0 Å². The molecule has 29 heavy (non-hydrogen) atoms. The van der Waals surface area contributed by atoms with E-state index in [4.69, 9.17) is 16.3 Å². The monoisotopic (exact) mass is 429 g/mol. The summed E-state index contributed by atoms with van der Waals surface area (Å²) in [5, 5.41) is 12.3. The molecule has 0 unspecified atom stereocenters. The molecule has 0 aliphatic carbocycles. The highest BCUT2D eigenvalue weighted by Gasteiger charge is 2.37. The van der Waals surface area contributed by atoms with Crippen LogP contribution in [0.1, 0.15) is 24.4 Å². The summed E-state index contributed by atoms with van der Waals surface area (Å²) in [7, 11) is 1.59. The highest BCUT2D eigenvalue weighted by atomic mass is 35.5. The molecule has 150 valence electrons. The Morgan fingerprint density at radius 1 is 1.28 bits per heavy atom. The highest BCUT2D eigenvalue weighted by molar-refractivity contribution is 8.00. The summed E-state index contributed by atoms with van der Waals surface area (Å²) in [5.74, 6) is 1.36. The van der Waals surface area contributed by atoms with Crippen LogP contribution >= 0.6 is 23.4 Å². The molecule has 2 N–H and O–H groups in total. The molecule has 3 aromatic rings. The van der Waals surface area contributed by atoms with Gasteiger partial charge in [-0.25, -0.2) is 4.68 Å². The maximum atomic E-state index is 13.2. The van der Waals surface area contributed by atoms with Crippen molar-refractivity contribution in [2.45, 2.75) is 29.8 Å². The molecule has 9 heteroatoms. The van der Waals surface area contributed by atoms with Gasteiger partial charge in [0.1, 0.15) is 11.0 Å². The second kappa shape index (κ2) is 8.34. The summed E-state index contributed by atoms with van der Waals surface area (Å²) in [6, 6.07) is 14.5. The average molecular weight is 430 g/mol. The van der Waals surface area contributed by atoms with Crippen molar-refractivity contribution in [3.63, 3.8) is 0 Å². The largest absolute Gasteiger partial charge is 0.497 e. The molecule has 0 radical (unpaired) electrons. The smallest absolute Gasteiger partial charge is 0.240 e. The van der Waals surface area contributed by atoms with Crippen LogP contribution in [0.3, 0.4) is 0 Å². The van der Waals surface area contributed by atoms with Crippen LogP contribution in [0.5, 0.6) is 5.75 Å². The van der Waals surface area contributed by atoms with Crippen molar-refractivity contribution in [2.24, 2.45) is 0 Å². The molecule has 0 bridgehead atoms. The number of nitrogens with zero attached hydrogens (tertiary/aromatic N) is 3. The maximum absolute atomic E-state index is 13.2. The average Bonchev–Trinajstić information content (AvgIpc) is 3.15. The molecule has 1 aliphatic heterocycles. The van der Waals surface area contributed by atoms with Gasteiger partial charge in [-0.1, -0.05) is 48.5 Å². The van der Waals surface area contributed by atoms with E-state index in [1.807, 2.05) is 54.1 Å². The molecule has 2 atom stereocenters. The van der Waals surface area contributed by atoms with Crippen LogP contribution < -0.4 is 15.5 Å². The Morgan fingerprint density at radius 2 is 2.07 bits per heavy atom. The number of rotatable bonds is 5. The third kappa shape index (κ3) is 4.04. The van der Waals surface area contributed by atoms with E-state index in [2.05, 4.69) is 20.9 Å². The lowest BCUT2D eigenvalue weighted by Crippen LogP contribution is -2.41. The van der Waals surface area contributed by atoms with Gasteiger partial charge in [0.15, 0.2) is 5.82 Å². The Morgan fingerprint density at radius 3 is 2.79 bits per heavy atom. The summed E-state index contributed by atoms with van der Waals surface area (Å²) in [4.78, 5) is 13.2. The van der Waals surface area contributed by atoms with E-state index in [0.29, 0.717) is 21.6 Å². The van der Waals surface area contributed by atoms with E-state index >= 15 is 0 Å². The Bertz CT molecular complexity index is 1020. The van der Waals surface area contributed by atoms with Gasteiger partial charge in [0.05, 0.1) is 13.2 Å². The van der Waals surface area contributed by atoms with E-state index in [-0.39, 0.29) is 11.9 Å². The number of aromatic nitrogens is 3. The Kier molecular flexibility index (Phi) is 5.64. The third-order valence-electron chi connectivity index (χ3n) is 4.64. The molecule has 2 heterocycles. The summed E-state index contributed by atoms with van der Waals surface area (Å²) in [6.45, 7) is 2.02. The zero-order valence-electron chi connectivity index (χ0n) is 15.9. The van der Waals surface area contributed by atoms with Crippen molar-refractivity contribution in [3.05, 3.63) is 64.9 Å². The Hall–Kier alpha value is -2.71. The van der Waals surface area contributed by atoms with Crippen LogP contribution in [-0.2, 0) is 11.2 Å². The van der Waals surface area contributed by atoms with Crippen molar-refractivity contribution in [1.29, 1.82) is 0 Å². The fraction of sp³-hybridized carbons (Fsp3) is 0.250. The maximum Gasteiger partial charge on any atom is 0.240 e. The quantitative estimate of drug-likeness (QED) is 0.640. The van der Waals surface area contributed by atoms with Gasteiger partial charge in [0.25, 0.3) is 0 Å². The number of carbonyl (C=O) groups is 1. The lowest BCUT2D eigenvalue weighted by atomic mass is 10.0. The van der Waals surface area contributed by atoms with Gasteiger partial charge in [-0.3, -0.25) is 4.79 Å². The molecule has 1 aromatic heterocycles. The second-order valence-corrected chi connectivity index (χ2v) is 8.05. The molecular weight excluding hydrogens is 410 g/mol. The predicted molar refractivity (Wildman–Crippen MR) is 114 cm³/mol. The number of benzene rings is 2. The SMILES string of the molecule is CCc1nnc2n1N[C@@H](c1ccc(Cl)cc1)[C@H](C(=O)Nc1cccc(OC)c1)S2. The van der Waals surface area contributed by atoms with E-state index < -0.39 is 5.25 Å². The Labute approximate surface area is 177 Å². The lowest BCUT2D eigenvalue weighted by molar-refractivity contribution is -0.116. The standard InChI is InChI=1S/C20H20ClN5O2S/c1-3-16-23-24-20-26(16)25-17(12-7-9-13(21)10-8-12)18(29-20)19(27)22-14-5-4-6-15(11-14)28-2/h4-11,17-18,25H,3H2,1-2H3,(H,22,27)/t17-,18+/m0/s1. The van der Waals surface area contributed by atoms with E-state index in [1.54, 1.807) is 13.2 Å². The number of amides is 1. The fourth-order valence-corrected chi connectivity index (χ4v) is 4.39. The molecule has 2 aromatic carbocycles. The number of hydrogen-bond donors (Lipinski definition) is 2. The van der Waals surface area contributed by atoms with Gasteiger partial charge in [0, 0.05) is 23.2 Å². The number of anilines is 1. The first-order valence-electron chi connectivity index (χ1n) is 9.17. The molecule has 0 saturated carbocycles. The summed E-state index contributed by atoms with van der Waals surface area (Å²) in [6.07, 6.45) is 0.731. The number of halogens is 1. The highest BCUT2D eigenvalue weighted by Crippen LogP contribution is 2.38. The van der Waals surface area contributed by atoms with Gasteiger partial charge in [-0.15, -0.1) is 10.2 Å². The van der Waals surface area contributed by atoms with Gasteiger partial charge < -0.3 is 15.5 Å². The Balaban J connectivity index is 1.65. The van der Waals surface area contributed by atoms with Crippen LogP contribution in [0.4, 0.5) is 5.69 Å². The van der Waals surface area contributed by atoms with Crippen LogP contribution in [0.2, 0.25) is 5.02 Å². The van der Waals surface area contributed by atoms with Gasteiger partial charge in [-0.05, 0) is 29.8 Å². The number of thioether (sulfide) groups is 1. The van der Waals surface area contributed by atoms with Gasteiger partial charge >= 0.3 is 0 Å². The molecule has 0 spiro atoms. The zero-order chi connectivity index (χ0) is 20.4. The molecule has 7 nitrogen and oxygen atoms in total. The van der Waals surface area contributed by atoms with E-state index in [1.165, 1.54) is 11.8 Å². The van der Waals surface area contributed by atoms with Crippen molar-refractivity contribution >= 4 is 35.0 Å². The first-order valence-corrected chi connectivity index (χ1v) is 10.4. The number of aryl methyl sites for hydroxylation is 1. The minimum Gasteiger partial charge on any atom is -0.497 e. The van der Waals surface area contributed by atoms with E-state index in [9.17, 15) is 4.79 Å². The van der Waals surface area contributed by atoms with Crippen LogP contribution in [-0.4, -0.2) is 33.1 Å². The van der Waals surface area contributed by atoms with Crippen molar-refractivity contribution in [2.75, 3.05) is 17.9 Å². The van der Waals surface area contributed by atoms with Crippen molar-refractivity contribution in [1.82, 2.24) is 14.9 Å². The predicted octanol–water partition coefficient (Wildman–Crippen LogP) is 3.90. The topological polar surface area (TPSA) is 81.1 Å². The lowest BCUT2D eigenvalue weighted by Gasteiger charge is -2.33. The second-order valence-electron chi connectivity index (χ2n) is 6.51. The number of nitrogens with one attached hydrogen (secondary N) is 2. The van der Waals surface area contributed by atoms with Crippen molar-refractivity contribution in [3.8, 4) is 5.75 Å². The van der Waals surface area contributed by atoms with Gasteiger partial charge in [0.2, 0.25) is 11.1 Å². The normalized spacial score (nSPS) is 17.9. The van der Waals surface area contributed by atoms with E-state index in [0.717, 1.165) is 17.8 Å². The number of fused-ring (bicyclic) bond motifs is 1. The molecular formula is C20H20ClN5O2S. The van der Waals surface area contributed by atoms with Crippen LogP contribution in [0.15, 0.2) is 53.7 Å². The first kappa shape index (κ1) is 19.6. The molecule has 1 amide bonds. The number of ether oxygens (including phenoxy) is 1. The first-order chi connectivity index (χ1) is 14.1. The molecule has 0 fully saturated rings. The minimum atomic E-state index is -0.455. The third-order valence-corrected chi connectivity index (χ3v) is 6.11. The summed E-state index contributed by atoms with van der Waals surface area (Å²) >= 11 is 7.44. The number of methoxy groups -OCH3 is 1. The minimum absolute atomic E-state index is 0.136. The molecule has 1 aliphatic rings. The molecule has 4 rings (SSSR count). The summed E-state index contributed by atoms with van der Waals surface area (Å²) in [5.41, 5.74) is 5.04. The number of carbonyl (C=O) groups excluding carboxylic acids is 1. The van der Waals surface area contributed by atoms with Crippen molar-refractivity contribution < 1.29 is 9.53 Å². The summed E-state index contributed by atoms with van der Waals surface area (Å²) < 4.78 is 7.10. The van der Waals surface area contributed by atoms with Crippen LogP contribution in [0.25, 0.3) is 0 Å².